The Hall–Kier alpha value is -1.73. The number of fused-ring (bicyclic) bond motifs is 1. The maximum atomic E-state index is 13.0. The third-order valence-electron chi connectivity index (χ3n) is 4.58. The molecule has 4 rings (SSSR count). The molecule has 7 heteroatoms. The van der Waals surface area contributed by atoms with Gasteiger partial charge in [-0.3, -0.25) is 4.79 Å². The van der Waals surface area contributed by atoms with Crippen LogP contribution in [0.4, 0.5) is 0 Å². The number of thiazole rings is 1. The van der Waals surface area contributed by atoms with E-state index in [1.807, 2.05) is 18.4 Å². The zero-order valence-electron chi connectivity index (χ0n) is 13.2. The number of halogens is 1. The van der Waals surface area contributed by atoms with Gasteiger partial charge in [0.2, 0.25) is 0 Å². The van der Waals surface area contributed by atoms with Crippen LogP contribution in [0.2, 0.25) is 0 Å². The van der Waals surface area contributed by atoms with Crippen molar-refractivity contribution in [2.75, 3.05) is 0 Å². The Morgan fingerprint density at radius 2 is 2.21 bits per heavy atom. The summed E-state index contributed by atoms with van der Waals surface area (Å²) in [6, 6.07) is 1.92. The Morgan fingerprint density at radius 1 is 1.42 bits per heavy atom. The first-order valence-electron chi connectivity index (χ1n) is 7.95. The predicted molar refractivity (Wildman–Crippen MR) is 98.3 cm³/mol. The monoisotopic (exact) mass is 404 g/mol. The fourth-order valence-electron chi connectivity index (χ4n) is 3.40. The molecule has 0 spiro atoms. The predicted octanol–water partition coefficient (Wildman–Crippen LogP) is 4.29. The maximum Gasteiger partial charge on any atom is 0.254 e. The van der Waals surface area contributed by atoms with E-state index >= 15 is 0 Å². The standard InChI is InChI=1S/C17H17BrN4OS/c1-10-9-24-16(21-10)17(4-2-3-5-17)22-15(23)13-8-20-14-12(13)6-11(18)7-19-14/h6-9H,2-5H2,1H3,(H,19,20)(H,22,23). The summed E-state index contributed by atoms with van der Waals surface area (Å²) in [6.07, 6.45) is 7.55. The summed E-state index contributed by atoms with van der Waals surface area (Å²) in [6.45, 7) is 1.99. The smallest absolute Gasteiger partial charge is 0.254 e. The number of hydrogen-bond acceptors (Lipinski definition) is 4. The zero-order valence-corrected chi connectivity index (χ0v) is 15.6. The van der Waals surface area contributed by atoms with Gasteiger partial charge in [0.1, 0.15) is 10.7 Å². The van der Waals surface area contributed by atoms with Crippen LogP contribution in [0.25, 0.3) is 11.0 Å². The number of rotatable bonds is 3. The Balaban J connectivity index is 1.69. The lowest BCUT2D eigenvalue weighted by atomic mass is 9.97. The average molecular weight is 405 g/mol. The zero-order chi connectivity index (χ0) is 16.7. The molecule has 0 saturated heterocycles. The minimum absolute atomic E-state index is 0.0732. The summed E-state index contributed by atoms with van der Waals surface area (Å²) in [5, 5.41) is 7.17. The van der Waals surface area contributed by atoms with Crippen LogP contribution in [-0.4, -0.2) is 20.9 Å². The Kier molecular flexibility index (Phi) is 3.92. The fourth-order valence-corrected chi connectivity index (χ4v) is 4.74. The molecule has 0 bridgehead atoms. The number of nitrogens with one attached hydrogen (secondary N) is 2. The van der Waals surface area contributed by atoms with E-state index in [4.69, 9.17) is 0 Å². The summed E-state index contributed by atoms with van der Waals surface area (Å²) >= 11 is 5.06. The largest absolute Gasteiger partial charge is 0.345 e. The molecule has 0 aromatic carbocycles. The SMILES string of the molecule is Cc1csc(C2(NC(=O)c3c[nH]c4ncc(Br)cc34)CCCC2)n1. The number of H-pyrrole nitrogens is 1. The van der Waals surface area contributed by atoms with Gasteiger partial charge in [-0.1, -0.05) is 12.8 Å². The highest BCUT2D eigenvalue weighted by atomic mass is 79.9. The van der Waals surface area contributed by atoms with Gasteiger partial charge in [0, 0.05) is 33.3 Å². The number of aromatic nitrogens is 3. The molecule has 1 fully saturated rings. The number of amides is 1. The summed E-state index contributed by atoms with van der Waals surface area (Å²) in [5.41, 5.74) is 2.02. The van der Waals surface area contributed by atoms with Crippen molar-refractivity contribution in [3.05, 3.63) is 44.6 Å². The van der Waals surface area contributed by atoms with Gasteiger partial charge in [0.15, 0.2) is 0 Å². The first kappa shape index (κ1) is 15.8. The molecule has 1 amide bonds. The van der Waals surface area contributed by atoms with Gasteiger partial charge < -0.3 is 10.3 Å². The molecule has 0 aliphatic heterocycles. The highest BCUT2D eigenvalue weighted by Gasteiger charge is 2.40. The topological polar surface area (TPSA) is 70.7 Å². The number of nitrogens with zero attached hydrogens (tertiary/aromatic N) is 2. The van der Waals surface area contributed by atoms with Crippen LogP contribution in [-0.2, 0) is 5.54 Å². The quantitative estimate of drug-likeness (QED) is 0.683. The lowest BCUT2D eigenvalue weighted by Crippen LogP contribution is -2.43. The minimum atomic E-state index is -0.334. The number of carbonyl (C=O) groups excluding carboxylic acids is 1. The van der Waals surface area contributed by atoms with E-state index in [2.05, 4.69) is 36.2 Å². The van der Waals surface area contributed by atoms with Gasteiger partial charge >= 0.3 is 0 Å². The van der Waals surface area contributed by atoms with Crippen LogP contribution < -0.4 is 5.32 Å². The Bertz CT molecular complexity index is 910. The molecule has 1 aliphatic carbocycles. The van der Waals surface area contributed by atoms with Crippen LogP contribution in [0.5, 0.6) is 0 Å². The van der Waals surface area contributed by atoms with E-state index in [1.165, 1.54) is 0 Å². The summed E-state index contributed by atoms with van der Waals surface area (Å²) in [4.78, 5) is 25.0. The van der Waals surface area contributed by atoms with E-state index in [0.29, 0.717) is 11.2 Å². The normalized spacial score (nSPS) is 16.6. The third-order valence-corrected chi connectivity index (χ3v) is 6.18. The lowest BCUT2D eigenvalue weighted by molar-refractivity contribution is 0.0899. The van der Waals surface area contributed by atoms with Crippen LogP contribution in [0.3, 0.4) is 0 Å². The fraction of sp³-hybridized carbons (Fsp3) is 0.353. The second kappa shape index (κ2) is 5.97. The molecule has 3 heterocycles. The second-order valence-electron chi connectivity index (χ2n) is 6.29. The molecule has 3 aromatic heterocycles. The average Bonchev–Trinajstić information content (AvgIpc) is 3.26. The van der Waals surface area contributed by atoms with Crippen molar-refractivity contribution in [2.45, 2.75) is 38.1 Å². The molecule has 3 aromatic rings. The number of hydrogen-bond donors (Lipinski definition) is 2. The highest BCUT2D eigenvalue weighted by molar-refractivity contribution is 9.10. The molecule has 5 nitrogen and oxygen atoms in total. The third kappa shape index (κ3) is 2.65. The minimum Gasteiger partial charge on any atom is -0.345 e. The number of carbonyl (C=O) groups is 1. The van der Waals surface area contributed by atoms with Gasteiger partial charge in [0.25, 0.3) is 5.91 Å². The molecule has 1 aliphatic rings. The number of aromatic amines is 1. The molecule has 124 valence electrons. The van der Waals surface area contributed by atoms with Gasteiger partial charge in [-0.2, -0.15) is 0 Å². The van der Waals surface area contributed by atoms with Crippen molar-refractivity contribution in [1.29, 1.82) is 0 Å². The van der Waals surface area contributed by atoms with E-state index in [1.54, 1.807) is 23.7 Å². The molecule has 0 unspecified atom stereocenters. The van der Waals surface area contributed by atoms with Crippen LogP contribution in [0.15, 0.2) is 28.3 Å². The van der Waals surface area contributed by atoms with Crippen molar-refractivity contribution in [3.8, 4) is 0 Å². The molecule has 24 heavy (non-hydrogen) atoms. The molecule has 1 saturated carbocycles. The first-order chi connectivity index (χ1) is 11.6. The van der Waals surface area contributed by atoms with Gasteiger partial charge in [-0.25, -0.2) is 9.97 Å². The molecular formula is C17H17BrN4OS. The summed E-state index contributed by atoms with van der Waals surface area (Å²) < 4.78 is 0.856. The van der Waals surface area contributed by atoms with Crippen molar-refractivity contribution in [3.63, 3.8) is 0 Å². The molecule has 2 N–H and O–H groups in total. The van der Waals surface area contributed by atoms with E-state index in [9.17, 15) is 4.79 Å². The van der Waals surface area contributed by atoms with Gasteiger partial charge in [0.05, 0.1) is 11.1 Å². The van der Waals surface area contributed by atoms with Crippen molar-refractivity contribution >= 4 is 44.2 Å². The summed E-state index contributed by atoms with van der Waals surface area (Å²) in [5.74, 6) is -0.0732. The molecule has 0 atom stereocenters. The molecular weight excluding hydrogens is 388 g/mol. The Labute approximate surface area is 152 Å². The van der Waals surface area contributed by atoms with E-state index in [0.717, 1.165) is 46.2 Å². The van der Waals surface area contributed by atoms with Crippen molar-refractivity contribution < 1.29 is 4.79 Å². The summed E-state index contributed by atoms with van der Waals surface area (Å²) in [7, 11) is 0. The van der Waals surface area contributed by atoms with Crippen LogP contribution >= 0.6 is 27.3 Å². The van der Waals surface area contributed by atoms with Crippen LogP contribution in [0, 0.1) is 6.92 Å². The number of pyridine rings is 1. The Morgan fingerprint density at radius 3 is 2.92 bits per heavy atom. The van der Waals surface area contributed by atoms with Crippen molar-refractivity contribution in [1.82, 2.24) is 20.3 Å². The first-order valence-corrected chi connectivity index (χ1v) is 9.62. The van der Waals surface area contributed by atoms with Gasteiger partial charge in [-0.15, -0.1) is 11.3 Å². The maximum absolute atomic E-state index is 13.0. The van der Waals surface area contributed by atoms with Crippen molar-refractivity contribution in [2.24, 2.45) is 0 Å². The van der Waals surface area contributed by atoms with Crippen LogP contribution in [0.1, 0.15) is 46.7 Å². The van der Waals surface area contributed by atoms with E-state index in [-0.39, 0.29) is 11.4 Å². The lowest BCUT2D eigenvalue weighted by Gasteiger charge is -2.28. The second-order valence-corrected chi connectivity index (χ2v) is 8.06. The number of aryl methyl sites for hydroxylation is 1. The van der Waals surface area contributed by atoms with E-state index < -0.39 is 0 Å². The molecule has 0 radical (unpaired) electrons. The van der Waals surface area contributed by atoms with Gasteiger partial charge in [-0.05, 0) is 41.8 Å². The highest BCUT2D eigenvalue weighted by Crippen LogP contribution is 2.40.